The Hall–Kier alpha value is -3.23. The summed E-state index contributed by atoms with van der Waals surface area (Å²) < 4.78 is 11.6. The zero-order valence-electron chi connectivity index (χ0n) is 18.7. The quantitative estimate of drug-likeness (QED) is 0.360. The lowest BCUT2D eigenvalue weighted by molar-refractivity contribution is 0.288. The molecule has 2 aromatic carbocycles. The van der Waals surface area contributed by atoms with E-state index in [9.17, 15) is 0 Å². The van der Waals surface area contributed by atoms with Gasteiger partial charge in [-0.05, 0) is 45.9 Å². The molecule has 8 heteroatoms. The molecule has 0 aliphatic rings. The van der Waals surface area contributed by atoms with Crippen LogP contribution in [0.25, 0.3) is 22.2 Å². The van der Waals surface area contributed by atoms with Crippen molar-refractivity contribution in [2.75, 3.05) is 18.5 Å². The summed E-state index contributed by atoms with van der Waals surface area (Å²) in [5, 5.41) is 7.38. The molecule has 2 heterocycles. The molecule has 7 nitrogen and oxygen atoms in total. The van der Waals surface area contributed by atoms with E-state index in [2.05, 4.69) is 26.7 Å². The van der Waals surface area contributed by atoms with E-state index in [0.29, 0.717) is 36.4 Å². The molecule has 32 heavy (non-hydrogen) atoms. The monoisotopic (exact) mass is 449 g/mol. The summed E-state index contributed by atoms with van der Waals surface area (Å²) in [6, 6.07) is 11.6. The Morgan fingerprint density at radius 1 is 1.03 bits per heavy atom. The second kappa shape index (κ2) is 9.50. The van der Waals surface area contributed by atoms with Crippen molar-refractivity contribution in [3.63, 3.8) is 0 Å². The number of hydrogen-bond acceptors (Lipinski definition) is 8. The molecule has 1 unspecified atom stereocenters. The maximum absolute atomic E-state index is 6.13. The summed E-state index contributed by atoms with van der Waals surface area (Å²) in [5.74, 6) is 2.53. The van der Waals surface area contributed by atoms with Gasteiger partial charge in [-0.2, -0.15) is 0 Å². The number of nitrogens with two attached hydrogens (primary N) is 1. The van der Waals surface area contributed by atoms with E-state index in [-0.39, 0.29) is 6.04 Å². The third-order valence-corrected chi connectivity index (χ3v) is 5.60. The smallest absolute Gasteiger partial charge is 0.163 e. The molecule has 0 aliphatic heterocycles. The fourth-order valence-corrected chi connectivity index (χ4v) is 4.00. The summed E-state index contributed by atoms with van der Waals surface area (Å²) in [4.78, 5) is 14.0. The van der Waals surface area contributed by atoms with E-state index < -0.39 is 0 Å². The third-order valence-electron chi connectivity index (χ3n) is 4.83. The number of nitrogens with zero attached hydrogens (tertiary/aromatic N) is 3. The van der Waals surface area contributed by atoms with Crippen molar-refractivity contribution >= 4 is 33.7 Å². The summed E-state index contributed by atoms with van der Waals surface area (Å²) in [6.07, 6.45) is 0. The molecule has 0 fully saturated rings. The Morgan fingerprint density at radius 2 is 1.78 bits per heavy atom. The topological polar surface area (TPSA) is 95.2 Å². The van der Waals surface area contributed by atoms with Gasteiger partial charge in [-0.25, -0.2) is 15.0 Å². The highest BCUT2D eigenvalue weighted by atomic mass is 32.1. The van der Waals surface area contributed by atoms with Crippen LogP contribution >= 0.6 is 11.3 Å². The first-order valence-electron chi connectivity index (χ1n) is 10.6. The van der Waals surface area contributed by atoms with Crippen LogP contribution in [0.1, 0.15) is 37.6 Å². The van der Waals surface area contributed by atoms with Gasteiger partial charge in [0.15, 0.2) is 11.5 Å². The zero-order valence-corrected chi connectivity index (χ0v) is 19.5. The first-order valence-corrected chi connectivity index (χ1v) is 11.5. The first kappa shape index (κ1) is 22.0. The fraction of sp³-hybridized carbons (Fsp3) is 0.292. The lowest BCUT2D eigenvalue weighted by Crippen LogP contribution is -2.12. The highest BCUT2D eigenvalue weighted by molar-refractivity contribution is 7.09. The molecule has 0 bridgehead atoms. The van der Waals surface area contributed by atoms with Gasteiger partial charge < -0.3 is 20.5 Å². The minimum absolute atomic E-state index is 0.314. The van der Waals surface area contributed by atoms with Gasteiger partial charge in [0.1, 0.15) is 11.6 Å². The zero-order chi connectivity index (χ0) is 22.7. The average molecular weight is 450 g/mol. The third kappa shape index (κ3) is 4.66. The lowest BCUT2D eigenvalue weighted by Gasteiger charge is -2.16. The van der Waals surface area contributed by atoms with E-state index in [1.807, 2.05) is 58.0 Å². The number of rotatable bonds is 8. The molecule has 1 atom stereocenters. The number of aryl methyl sites for hydroxylation is 1. The van der Waals surface area contributed by atoms with E-state index in [1.165, 1.54) is 0 Å². The normalized spacial score (nSPS) is 12.0. The van der Waals surface area contributed by atoms with Crippen LogP contribution in [-0.2, 0) is 0 Å². The summed E-state index contributed by atoms with van der Waals surface area (Å²) in [7, 11) is 0. The Morgan fingerprint density at radius 3 is 2.44 bits per heavy atom. The number of hydrogen-bond donors (Lipinski definition) is 2. The SMILES string of the molecule is CCOc1cc2nc(C(C)N)nc(Nc3cccc(-c4csc(C)n4)c3)c2cc1OCC. The second-order valence-corrected chi connectivity index (χ2v) is 8.42. The van der Waals surface area contributed by atoms with Gasteiger partial charge >= 0.3 is 0 Å². The van der Waals surface area contributed by atoms with Crippen molar-refractivity contribution < 1.29 is 9.47 Å². The molecule has 0 spiro atoms. The van der Waals surface area contributed by atoms with Crippen LogP contribution in [0.3, 0.4) is 0 Å². The molecular weight excluding hydrogens is 422 g/mol. The number of ether oxygens (including phenoxy) is 2. The minimum atomic E-state index is -0.314. The number of fused-ring (bicyclic) bond motifs is 1. The highest BCUT2D eigenvalue weighted by Gasteiger charge is 2.16. The number of aromatic nitrogens is 3. The Labute approximate surface area is 191 Å². The number of thiazole rings is 1. The number of anilines is 2. The Balaban J connectivity index is 1.81. The second-order valence-electron chi connectivity index (χ2n) is 7.36. The fourth-order valence-electron chi connectivity index (χ4n) is 3.38. The van der Waals surface area contributed by atoms with Gasteiger partial charge in [-0.3, -0.25) is 0 Å². The first-order chi connectivity index (χ1) is 15.5. The predicted octanol–water partition coefficient (Wildman–Crippen LogP) is 5.62. The number of nitrogens with one attached hydrogen (secondary N) is 1. The molecule has 4 rings (SSSR count). The molecule has 0 amide bonds. The molecule has 0 saturated heterocycles. The van der Waals surface area contributed by atoms with E-state index in [4.69, 9.17) is 20.2 Å². The van der Waals surface area contributed by atoms with Crippen molar-refractivity contribution in [3.05, 3.63) is 52.6 Å². The van der Waals surface area contributed by atoms with Gasteiger partial charge in [0.25, 0.3) is 0 Å². The van der Waals surface area contributed by atoms with E-state index in [1.54, 1.807) is 11.3 Å². The Bertz CT molecular complexity index is 1240. The summed E-state index contributed by atoms with van der Waals surface area (Å²) >= 11 is 1.64. The van der Waals surface area contributed by atoms with Crippen molar-refractivity contribution in [2.45, 2.75) is 33.7 Å². The van der Waals surface area contributed by atoms with Crippen molar-refractivity contribution in [3.8, 4) is 22.8 Å². The lowest BCUT2D eigenvalue weighted by atomic mass is 10.1. The van der Waals surface area contributed by atoms with Crippen molar-refractivity contribution in [1.82, 2.24) is 15.0 Å². The molecule has 166 valence electrons. The average Bonchev–Trinajstić information content (AvgIpc) is 3.21. The van der Waals surface area contributed by atoms with Gasteiger partial charge in [-0.1, -0.05) is 12.1 Å². The summed E-state index contributed by atoms with van der Waals surface area (Å²) in [6.45, 7) is 8.82. The van der Waals surface area contributed by atoms with Crippen LogP contribution in [-0.4, -0.2) is 28.2 Å². The van der Waals surface area contributed by atoms with Gasteiger partial charge in [-0.15, -0.1) is 11.3 Å². The van der Waals surface area contributed by atoms with E-state index in [0.717, 1.165) is 32.9 Å². The van der Waals surface area contributed by atoms with Gasteiger partial charge in [0, 0.05) is 28.1 Å². The van der Waals surface area contributed by atoms with Crippen LogP contribution in [0.4, 0.5) is 11.5 Å². The minimum Gasteiger partial charge on any atom is -0.490 e. The van der Waals surface area contributed by atoms with Crippen LogP contribution in [0.5, 0.6) is 11.5 Å². The van der Waals surface area contributed by atoms with Gasteiger partial charge in [0.05, 0.1) is 35.5 Å². The molecule has 2 aromatic heterocycles. The molecule has 4 aromatic rings. The highest BCUT2D eigenvalue weighted by Crippen LogP contribution is 2.36. The molecular formula is C24H27N5O2S. The molecule has 0 saturated carbocycles. The Kier molecular flexibility index (Phi) is 6.53. The van der Waals surface area contributed by atoms with Crippen molar-refractivity contribution in [1.29, 1.82) is 0 Å². The maximum Gasteiger partial charge on any atom is 0.163 e. The number of benzene rings is 2. The standard InChI is InChI=1S/C24H27N5O2S/c1-5-30-21-11-18-19(12-22(21)31-6-2)28-23(14(3)25)29-24(18)27-17-9-7-8-16(10-17)20-13-32-15(4)26-20/h7-14H,5-6,25H2,1-4H3,(H,27,28,29). The predicted molar refractivity (Wildman–Crippen MR) is 130 cm³/mol. The molecule has 0 aliphatic carbocycles. The molecule has 0 radical (unpaired) electrons. The van der Waals surface area contributed by atoms with Crippen LogP contribution in [0.15, 0.2) is 41.8 Å². The molecule has 3 N–H and O–H groups in total. The summed E-state index contributed by atoms with van der Waals surface area (Å²) in [5.41, 5.74) is 9.77. The largest absolute Gasteiger partial charge is 0.490 e. The van der Waals surface area contributed by atoms with Crippen LogP contribution < -0.4 is 20.5 Å². The van der Waals surface area contributed by atoms with E-state index >= 15 is 0 Å². The van der Waals surface area contributed by atoms with Gasteiger partial charge in [0.2, 0.25) is 0 Å². The maximum atomic E-state index is 6.13. The van der Waals surface area contributed by atoms with Crippen LogP contribution in [0.2, 0.25) is 0 Å². The van der Waals surface area contributed by atoms with Crippen LogP contribution in [0, 0.1) is 6.92 Å². The van der Waals surface area contributed by atoms with Crippen molar-refractivity contribution in [2.24, 2.45) is 5.73 Å².